The van der Waals surface area contributed by atoms with Gasteiger partial charge in [-0.1, -0.05) is 19.1 Å². The van der Waals surface area contributed by atoms with E-state index >= 15 is 0 Å². The lowest BCUT2D eigenvalue weighted by molar-refractivity contribution is 0.248. The number of carbonyl (C=O) groups excluding carboxylic acids is 1. The monoisotopic (exact) mass is 342 g/mol. The van der Waals surface area contributed by atoms with Gasteiger partial charge < -0.3 is 15.2 Å². The molecule has 0 saturated carbocycles. The smallest absolute Gasteiger partial charge is 0.319 e. The standard InChI is InChI=1S/C18H19FN4O2/c1-2-15(9-10-20)21-18(25)22-16-4-3-11-23(17(16)24)12-13-5-7-14(19)8-6-13/h3-8,11,15H,2,9,12H2,1H3,(H2,21,22,25). The highest BCUT2D eigenvalue weighted by Gasteiger charge is 2.12. The summed E-state index contributed by atoms with van der Waals surface area (Å²) in [5.41, 5.74) is 0.536. The van der Waals surface area contributed by atoms with Crippen molar-refractivity contribution in [3.05, 3.63) is 64.3 Å². The first-order chi connectivity index (χ1) is 12.0. The number of nitrogens with one attached hydrogen (secondary N) is 2. The van der Waals surface area contributed by atoms with E-state index < -0.39 is 6.03 Å². The van der Waals surface area contributed by atoms with Crippen LogP contribution in [0.5, 0.6) is 0 Å². The van der Waals surface area contributed by atoms with Crippen molar-refractivity contribution in [2.45, 2.75) is 32.4 Å². The van der Waals surface area contributed by atoms with Crippen molar-refractivity contribution in [2.75, 3.05) is 5.32 Å². The maximum absolute atomic E-state index is 13.0. The molecule has 0 aliphatic rings. The van der Waals surface area contributed by atoms with Crippen LogP contribution >= 0.6 is 0 Å². The number of anilines is 1. The summed E-state index contributed by atoms with van der Waals surface area (Å²) in [6, 6.07) is 10.2. The van der Waals surface area contributed by atoms with Crippen LogP contribution in [0.15, 0.2) is 47.4 Å². The molecule has 0 spiro atoms. The van der Waals surface area contributed by atoms with Crippen molar-refractivity contribution >= 4 is 11.7 Å². The zero-order chi connectivity index (χ0) is 18.2. The number of aromatic nitrogens is 1. The van der Waals surface area contributed by atoms with E-state index in [0.29, 0.717) is 6.42 Å². The van der Waals surface area contributed by atoms with Crippen molar-refractivity contribution < 1.29 is 9.18 Å². The average molecular weight is 342 g/mol. The molecule has 0 bridgehead atoms. The molecule has 2 aromatic rings. The molecule has 0 aliphatic carbocycles. The summed E-state index contributed by atoms with van der Waals surface area (Å²) in [7, 11) is 0. The number of pyridine rings is 1. The van der Waals surface area contributed by atoms with Gasteiger partial charge in [-0.05, 0) is 36.2 Å². The minimum Gasteiger partial charge on any atom is -0.334 e. The van der Waals surface area contributed by atoms with Gasteiger partial charge in [0.25, 0.3) is 5.56 Å². The number of rotatable bonds is 6. The molecule has 1 unspecified atom stereocenters. The summed E-state index contributed by atoms with van der Waals surface area (Å²) >= 11 is 0. The number of benzene rings is 1. The molecule has 0 radical (unpaired) electrons. The van der Waals surface area contributed by atoms with Gasteiger partial charge in [0.15, 0.2) is 0 Å². The van der Waals surface area contributed by atoms with Crippen LogP contribution < -0.4 is 16.2 Å². The first-order valence-corrected chi connectivity index (χ1v) is 7.91. The number of nitriles is 1. The number of halogens is 1. The Morgan fingerprint density at radius 3 is 2.68 bits per heavy atom. The number of urea groups is 1. The molecule has 0 fully saturated rings. The average Bonchev–Trinajstić information content (AvgIpc) is 2.60. The number of hydrogen-bond acceptors (Lipinski definition) is 3. The minimum atomic E-state index is -0.529. The van der Waals surface area contributed by atoms with E-state index in [2.05, 4.69) is 10.6 Å². The van der Waals surface area contributed by atoms with Gasteiger partial charge in [-0.15, -0.1) is 0 Å². The van der Waals surface area contributed by atoms with Gasteiger partial charge in [-0.2, -0.15) is 5.26 Å². The lowest BCUT2D eigenvalue weighted by atomic mass is 10.2. The predicted molar refractivity (Wildman–Crippen MR) is 92.7 cm³/mol. The molecule has 2 N–H and O–H groups in total. The van der Waals surface area contributed by atoms with Crippen molar-refractivity contribution in [1.82, 2.24) is 9.88 Å². The lowest BCUT2D eigenvalue weighted by Crippen LogP contribution is -2.39. The maximum Gasteiger partial charge on any atom is 0.319 e. The molecule has 7 heteroatoms. The third-order valence-electron chi connectivity index (χ3n) is 3.70. The van der Waals surface area contributed by atoms with Gasteiger partial charge in [0, 0.05) is 12.2 Å². The van der Waals surface area contributed by atoms with Crippen LogP contribution in [-0.2, 0) is 6.54 Å². The van der Waals surface area contributed by atoms with E-state index in [1.807, 2.05) is 13.0 Å². The number of nitrogens with zero attached hydrogens (tertiary/aromatic N) is 2. The van der Waals surface area contributed by atoms with Gasteiger partial charge in [0.1, 0.15) is 11.5 Å². The molecule has 6 nitrogen and oxygen atoms in total. The van der Waals surface area contributed by atoms with Gasteiger partial charge in [0.05, 0.1) is 19.0 Å². The Morgan fingerprint density at radius 2 is 2.04 bits per heavy atom. The predicted octanol–water partition coefficient (Wildman–Crippen LogP) is 2.85. The molecule has 1 aromatic carbocycles. The van der Waals surface area contributed by atoms with E-state index in [9.17, 15) is 14.0 Å². The molecular formula is C18H19FN4O2. The Morgan fingerprint density at radius 1 is 1.32 bits per heavy atom. The van der Waals surface area contributed by atoms with Crippen LogP contribution in [-0.4, -0.2) is 16.6 Å². The van der Waals surface area contributed by atoms with Gasteiger partial charge >= 0.3 is 6.03 Å². The normalized spacial score (nSPS) is 11.4. The first kappa shape index (κ1) is 18.2. The molecule has 1 aromatic heterocycles. The van der Waals surface area contributed by atoms with E-state index in [4.69, 9.17) is 5.26 Å². The topological polar surface area (TPSA) is 86.9 Å². The summed E-state index contributed by atoms with van der Waals surface area (Å²) in [6.45, 7) is 2.13. The molecule has 2 amide bonds. The summed E-state index contributed by atoms with van der Waals surface area (Å²) in [5, 5.41) is 13.9. The molecule has 0 aliphatic heterocycles. The summed E-state index contributed by atoms with van der Waals surface area (Å²) < 4.78 is 14.4. The third-order valence-corrected chi connectivity index (χ3v) is 3.70. The Kier molecular flexibility index (Phi) is 6.29. The van der Waals surface area contributed by atoms with Crippen LogP contribution in [0.3, 0.4) is 0 Å². The highest BCUT2D eigenvalue weighted by molar-refractivity contribution is 5.89. The van der Waals surface area contributed by atoms with Crippen LogP contribution in [0.2, 0.25) is 0 Å². The second kappa shape index (κ2) is 8.64. The van der Waals surface area contributed by atoms with Crippen molar-refractivity contribution in [3.8, 4) is 6.07 Å². The fourth-order valence-electron chi connectivity index (χ4n) is 2.29. The molecule has 0 saturated heterocycles. The van der Waals surface area contributed by atoms with E-state index in [1.165, 1.54) is 22.8 Å². The Labute approximate surface area is 144 Å². The zero-order valence-electron chi connectivity index (χ0n) is 13.8. The summed E-state index contributed by atoms with van der Waals surface area (Å²) in [5.74, 6) is -0.342. The SMILES string of the molecule is CCC(CC#N)NC(=O)Nc1cccn(Cc2ccc(F)cc2)c1=O. The van der Waals surface area contributed by atoms with Crippen molar-refractivity contribution in [2.24, 2.45) is 0 Å². The number of amides is 2. The van der Waals surface area contributed by atoms with E-state index in [1.54, 1.807) is 24.4 Å². The quantitative estimate of drug-likeness (QED) is 0.846. The Hall–Kier alpha value is -3.14. The highest BCUT2D eigenvalue weighted by atomic mass is 19.1. The lowest BCUT2D eigenvalue weighted by Gasteiger charge is -2.15. The molecule has 25 heavy (non-hydrogen) atoms. The van der Waals surface area contributed by atoms with Crippen LogP contribution in [0.25, 0.3) is 0 Å². The van der Waals surface area contributed by atoms with E-state index in [0.717, 1.165) is 5.56 Å². The van der Waals surface area contributed by atoms with Gasteiger partial charge in [-0.3, -0.25) is 4.79 Å². The second-order valence-electron chi connectivity index (χ2n) is 5.55. The molecule has 2 rings (SSSR count). The van der Waals surface area contributed by atoms with Crippen LogP contribution in [0.1, 0.15) is 25.3 Å². The van der Waals surface area contributed by atoms with Gasteiger partial charge in [0.2, 0.25) is 0 Å². The van der Waals surface area contributed by atoms with Crippen molar-refractivity contribution in [3.63, 3.8) is 0 Å². The molecular weight excluding hydrogens is 323 g/mol. The first-order valence-electron chi connectivity index (χ1n) is 7.91. The van der Waals surface area contributed by atoms with E-state index in [-0.39, 0.29) is 36.1 Å². The zero-order valence-corrected chi connectivity index (χ0v) is 13.8. The number of carbonyl (C=O) groups is 1. The maximum atomic E-state index is 13.0. The van der Waals surface area contributed by atoms with Crippen LogP contribution in [0.4, 0.5) is 14.9 Å². The molecule has 130 valence electrons. The second-order valence-corrected chi connectivity index (χ2v) is 5.55. The molecule has 1 atom stereocenters. The molecule has 1 heterocycles. The van der Waals surface area contributed by atoms with Crippen LogP contribution in [0, 0.1) is 17.1 Å². The number of hydrogen-bond donors (Lipinski definition) is 2. The largest absolute Gasteiger partial charge is 0.334 e. The fraction of sp³-hybridized carbons (Fsp3) is 0.278. The highest BCUT2D eigenvalue weighted by Crippen LogP contribution is 2.06. The minimum absolute atomic E-state index is 0.133. The van der Waals surface area contributed by atoms with Crippen molar-refractivity contribution in [1.29, 1.82) is 5.26 Å². The summed E-state index contributed by atoms with van der Waals surface area (Å²) in [4.78, 5) is 24.4. The summed E-state index contributed by atoms with van der Waals surface area (Å²) in [6.07, 6.45) is 2.41. The Bertz CT molecular complexity index is 824. The third kappa shape index (κ3) is 5.18. The Balaban J connectivity index is 2.10. The fourth-order valence-corrected chi connectivity index (χ4v) is 2.29. The van der Waals surface area contributed by atoms with Gasteiger partial charge in [-0.25, -0.2) is 9.18 Å².